The van der Waals surface area contributed by atoms with E-state index < -0.39 is 5.41 Å². The number of phenolic OH excluding ortho intramolecular Hbond substituents is 4. The van der Waals surface area contributed by atoms with Gasteiger partial charge in [-0.15, -0.1) is 0 Å². The molecule has 0 heterocycles. The van der Waals surface area contributed by atoms with Gasteiger partial charge in [0.25, 0.3) is 0 Å². The van der Waals surface area contributed by atoms with Crippen molar-refractivity contribution in [2.45, 2.75) is 19.3 Å². The number of benzene rings is 4. The van der Waals surface area contributed by atoms with Crippen LogP contribution in [0, 0.1) is 0 Å². The third-order valence-corrected chi connectivity index (χ3v) is 5.78. The van der Waals surface area contributed by atoms with E-state index in [1.54, 1.807) is 48.5 Å². The monoisotopic (exact) mass is 412 g/mol. The van der Waals surface area contributed by atoms with Crippen molar-refractivity contribution in [3.05, 3.63) is 96.1 Å². The first kappa shape index (κ1) is 20.4. The van der Waals surface area contributed by atoms with Gasteiger partial charge in [-0.25, -0.2) is 0 Å². The van der Waals surface area contributed by atoms with E-state index in [0.717, 1.165) is 11.1 Å². The van der Waals surface area contributed by atoms with E-state index in [0.29, 0.717) is 22.3 Å². The summed E-state index contributed by atoms with van der Waals surface area (Å²) in [7, 11) is 0. The van der Waals surface area contributed by atoms with Crippen LogP contribution in [0.15, 0.2) is 84.9 Å². The first-order valence-corrected chi connectivity index (χ1v) is 10.0. The second-order valence-corrected chi connectivity index (χ2v) is 8.12. The second-order valence-electron chi connectivity index (χ2n) is 8.12. The summed E-state index contributed by atoms with van der Waals surface area (Å²) in [6, 6.07) is 24.5. The molecule has 156 valence electrons. The summed E-state index contributed by atoms with van der Waals surface area (Å²) >= 11 is 0. The molecule has 0 aliphatic carbocycles. The summed E-state index contributed by atoms with van der Waals surface area (Å²) in [6.45, 7) is 3.91. The fraction of sp³-hybridized carbons (Fsp3) is 0.111. The van der Waals surface area contributed by atoms with Gasteiger partial charge in [0.15, 0.2) is 0 Å². The summed E-state index contributed by atoms with van der Waals surface area (Å²) in [5.41, 5.74) is 3.53. The highest BCUT2D eigenvalue weighted by Crippen LogP contribution is 2.46. The Hall–Kier alpha value is -3.92. The lowest BCUT2D eigenvalue weighted by Gasteiger charge is -2.29. The van der Waals surface area contributed by atoms with Gasteiger partial charge in [-0.2, -0.15) is 0 Å². The SMILES string of the molecule is CC(C)(c1cccc(-c2ccc(O)cc2)c1O)c1cccc(-c2ccc(O)cc2)c1O. The van der Waals surface area contributed by atoms with Gasteiger partial charge in [0, 0.05) is 27.7 Å². The van der Waals surface area contributed by atoms with Crippen LogP contribution in [0.3, 0.4) is 0 Å². The zero-order valence-electron chi connectivity index (χ0n) is 17.4. The molecule has 0 saturated heterocycles. The minimum atomic E-state index is -0.700. The normalized spacial score (nSPS) is 11.4. The molecule has 0 spiro atoms. The zero-order chi connectivity index (χ0) is 22.2. The van der Waals surface area contributed by atoms with Gasteiger partial charge in [-0.3, -0.25) is 0 Å². The van der Waals surface area contributed by atoms with Gasteiger partial charge in [-0.1, -0.05) is 74.5 Å². The molecule has 0 saturated carbocycles. The van der Waals surface area contributed by atoms with E-state index in [1.807, 2.05) is 50.2 Å². The highest BCUT2D eigenvalue weighted by atomic mass is 16.3. The first-order chi connectivity index (χ1) is 14.8. The fourth-order valence-electron chi connectivity index (χ4n) is 3.99. The highest BCUT2D eigenvalue weighted by molar-refractivity contribution is 5.76. The van der Waals surface area contributed by atoms with Gasteiger partial charge in [0.05, 0.1) is 0 Å². The number of phenols is 4. The van der Waals surface area contributed by atoms with Crippen LogP contribution in [0.1, 0.15) is 25.0 Å². The summed E-state index contributed by atoms with van der Waals surface area (Å²) < 4.78 is 0. The average Bonchev–Trinajstić information content (AvgIpc) is 2.75. The molecule has 31 heavy (non-hydrogen) atoms. The van der Waals surface area contributed by atoms with Crippen molar-refractivity contribution in [1.82, 2.24) is 0 Å². The Balaban J connectivity index is 1.82. The van der Waals surface area contributed by atoms with Crippen LogP contribution in [0.5, 0.6) is 23.0 Å². The molecule has 4 rings (SSSR count). The molecule has 4 heteroatoms. The molecule has 0 aromatic heterocycles. The Morgan fingerprint density at radius 3 is 1.19 bits per heavy atom. The molecule has 4 aromatic rings. The lowest BCUT2D eigenvalue weighted by Crippen LogP contribution is -2.19. The molecule has 4 aromatic carbocycles. The molecule has 0 unspecified atom stereocenters. The van der Waals surface area contributed by atoms with Crippen LogP contribution in [0.2, 0.25) is 0 Å². The van der Waals surface area contributed by atoms with Gasteiger partial charge in [-0.05, 0) is 35.4 Å². The quantitative estimate of drug-likeness (QED) is 0.323. The third kappa shape index (κ3) is 3.68. The van der Waals surface area contributed by atoms with Crippen molar-refractivity contribution in [1.29, 1.82) is 0 Å². The number of aromatic hydroxyl groups is 4. The zero-order valence-corrected chi connectivity index (χ0v) is 17.4. The first-order valence-electron chi connectivity index (χ1n) is 10.0. The molecule has 4 nitrogen and oxygen atoms in total. The number of rotatable bonds is 4. The molecular weight excluding hydrogens is 388 g/mol. The standard InChI is InChI=1S/C27H24O4/c1-27(2,23-7-3-5-21(25(23)30)17-9-13-19(28)14-10-17)24-8-4-6-22(26(24)31)18-11-15-20(29)16-12-18/h3-16,28-31H,1-2H3. The molecule has 0 amide bonds. The average molecular weight is 412 g/mol. The minimum Gasteiger partial charge on any atom is -0.508 e. The highest BCUT2D eigenvalue weighted by Gasteiger charge is 2.31. The number of hydrogen-bond acceptors (Lipinski definition) is 4. The topological polar surface area (TPSA) is 80.9 Å². The van der Waals surface area contributed by atoms with E-state index >= 15 is 0 Å². The summed E-state index contributed by atoms with van der Waals surface area (Å²) in [5.74, 6) is 0.589. The molecular formula is C27H24O4. The summed E-state index contributed by atoms with van der Waals surface area (Å²) in [5, 5.41) is 41.4. The molecule has 0 aliphatic rings. The predicted octanol–water partition coefficient (Wildman–Crippen LogP) is 6.17. The summed E-state index contributed by atoms with van der Waals surface area (Å²) in [4.78, 5) is 0. The predicted molar refractivity (Wildman–Crippen MR) is 123 cm³/mol. The van der Waals surface area contributed by atoms with Crippen LogP contribution in [-0.2, 0) is 5.41 Å². The fourth-order valence-corrected chi connectivity index (χ4v) is 3.99. The van der Waals surface area contributed by atoms with Crippen LogP contribution in [-0.4, -0.2) is 20.4 Å². The van der Waals surface area contributed by atoms with Gasteiger partial charge in [0.1, 0.15) is 23.0 Å². The molecule has 0 aliphatic heterocycles. The second kappa shape index (κ2) is 7.73. The van der Waals surface area contributed by atoms with Crippen molar-refractivity contribution in [2.75, 3.05) is 0 Å². The van der Waals surface area contributed by atoms with E-state index in [9.17, 15) is 20.4 Å². The van der Waals surface area contributed by atoms with Crippen molar-refractivity contribution >= 4 is 0 Å². The molecule has 0 atom stereocenters. The maximum Gasteiger partial charge on any atom is 0.127 e. The smallest absolute Gasteiger partial charge is 0.127 e. The van der Waals surface area contributed by atoms with Crippen LogP contribution < -0.4 is 0 Å². The van der Waals surface area contributed by atoms with E-state index in [-0.39, 0.29) is 23.0 Å². The minimum absolute atomic E-state index is 0.132. The Bertz CT molecular complexity index is 1130. The number of para-hydroxylation sites is 2. The van der Waals surface area contributed by atoms with Crippen molar-refractivity contribution in [2.24, 2.45) is 0 Å². The van der Waals surface area contributed by atoms with Crippen molar-refractivity contribution < 1.29 is 20.4 Å². The van der Waals surface area contributed by atoms with Gasteiger partial charge in [0.2, 0.25) is 0 Å². The van der Waals surface area contributed by atoms with E-state index in [2.05, 4.69) is 0 Å². The molecule has 0 radical (unpaired) electrons. The van der Waals surface area contributed by atoms with Crippen LogP contribution in [0.4, 0.5) is 0 Å². The Morgan fingerprint density at radius 1 is 0.484 bits per heavy atom. The van der Waals surface area contributed by atoms with Crippen molar-refractivity contribution in [3.8, 4) is 45.3 Å². The van der Waals surface area contributed by atoms with Crippen molar-refractivity contribution in [3.63, 3.8) is 0 Å². The molecule has 0 bridgehead atoms. The van der Waals surface area contributed by atoms with Gasteiger partial charge < -0.3 is 20.4 Å². The van der Waals surface area contributed by atoms with E-state index in [4.69, 9.17) is 0 Å². The lowest BCUT2D eigenvalue weighted by molar-refractivity contribution is 0.437. The Labute approximate surface area is 181 Å². The Kier molecular flexibility index (Phi) is 5.07. The summed E-state index contributed by atoms with van der Waals surface area (Å²) in [6.07, 6.45) is 0. The number of hydrogen-bond donors (Lipinski definition) is 4. The maximum atomic E-state index is 11.1. The van der Waals surface area contributed by atoms with Gasteiger partial charge >= 0.3 is 0 Å². The largest absolute Gasteiger partial charge is 0.508 e. The van der Waals surface area contributed by atoms with Crippen LogP contribution >= 0.6 is 0 Å². The molecule has 0 fully saturated rings. The maximum absolute atomic E-state index is 11.1. The van der Waals surface area contributed by atoms with Crippen LogP contribution in [0.25, 0.3) is 22.3 Å². The lowest BCUT2D eigenvalue weighted by atomic mass is 9.75. The Morgan fingerprint density at radius 2 is 0.839 bits per heavy atom. The molecule has 4 N–H and O–H groups in total. The third-order valence-electron chi connectivity index (χ3n) is 5.78. The van der Waals surface area contributed by atoms with E-state index in [1.165, 1.54) is 0 Å².